The Labute approximate surface area is 304 Å². The highest BCUT2D eigenvalue weighted by molar-refractivity contribution is 5.88. The van der Waals surface area contributed by atoms with Gasteiger partial charge in [-0.05, 0) is 92.0 Å². The number of nitrogens with one attached hydrogen (secondary N) is 3. The molecular weight excluding hydrogens is 644 g/mol. The molecule has 0 aromatic heterocycles. The topological polar surface area (TPSA) is 126 Å². The van der Waals surface area contributed by atoms with E-state index in [1.54, 1.807) is 17.0 Å². The highest BCUT2D eigenvalue weighted by Crippen LogP contribution is 2.31. The molecule has 2 aliphatic rings. The van der Waals surface area contributed by atoms with E-state index >= 15 is 0 Å². The molecule has 3 N–H and O–H groups in total. The lowest BCUT2D eigenvalue weighted by Gasteiger charge is -2.32. The van der Waals surface area contributed by atoms with Gasteiger partial charge in [-0.1, -0.05) is 84.2 Å². The summed E-state index contributed by atoms with van der Waals surface area (Å²) in [6.45, 7) is 13.1. The predicted octanol–water partition coefficient (Wildman–Crippen LogP) is 6.69. The number of nitrogens with zero attached hydrogens (tertiary/aromatic N) is 1. The minimum atomic E-state index is -0.689. The van der Waals surface area contributed by atoms with Gasteiger partial charge in [0.2, 0.25) is 11.8 Å². The summed E-state index contributed by atoms with van der Waals surface area (Å²) in [4.78, 5) is 53.3. The minimum absolute atomic E-state index is 0.0967. The van der Waals surface area contributed by atoms with Crippen molar-refractivity contribution in [2.75, 3.05) is 19.7 Å². The quantitative estimate of drug-likeness (QED) is 0.201. The van der Waals surface area contributed by atoms with Crippen LogP contribution in [0.5, 0.6) is 11.5 Å². The van der Waals surface area contributed by atoms with Gasteiger partial charge in [-0.3, -0.25) is 14.4 Å². The van der Waals surface area contributed by atoms with E-state index in [2.05, 4.69) is 36.7 Å². The van der Waals surface area contributed by atoms with E-state index in [0.29, 0.717) is 49.8 Å². The molecule has 1 heterocycles. The second-order valence-electron chi connectivity index (χ2n) is 15.9. The Hall–Kier alpha value is -4.08. The zero-order valence-corrected chi connectivity index (χ0v) is 31.6. The normalized spacial score (nSPS) is 17.0. The number of piperidine rings is 1. The van der Waals surface area contributed by atoms with Crippen LogP contribution in [0.4, 0.5) is 4.79 Å². The fraction of sp³-hybridized carbons (Fsp3) is 0.610. The highest BCUT2D eigenvalue weighted by Gasteiger charge is 2.27. The van der Waals surface area contributed by atoms with E-state index in [-0.39, 0.29) is 47.7 Å². The van der Waals surface area contributed by atoms with Crippen molar-refractivity contribution in [1.29, 1.82) is 0 Å². The van der Waals surface area contributed by atoms with Crippen molar-refractivity contribution in [1.82, 2.24) is 20.9 Å². The summed E-state index contributed by atoms with van der Waals surface area (Å²) in [5.74, 6) is 1.37. The first-order chi connectivity index (χ1) is 24.3. The molecule has 0 bridgehead atoms. The van der Waals surface area contributed by atoms with Crippen LogP contribution in [0.2, 0.25) is 0 Å². The molecule has 0 radical (unpaired) electrons. The van der Waals surface area contributed by atoms with Gasteiger partial charge in [-0.15, -0.1) is 0 Å². The first kappa shape index (κ1) is 39.7. The third kappa shape index (κ3) is 13.2. The number of benzene rings is 2. The Kier molecular flexibility index (Phi) is 14.8. The number of hydrogen-bond donors (Lipinski definition) is 3. The zero-order valence-electron chi connectivity index (χ0n) is 31.6. The summed E-state index contributed by atoms with van der Waals surface area (Å²) < 4.78 is 11.5. The molecule has 4 amide bonds. The summed E-state index contributed by atoms with van der Waals surface area (Å²) in [5, 5.41) is 9.11. The molecule has 1 aliphatic heterocycles. The van der Waals surface area contributed by atoms with Crippen molar-refractivity contribution in [3.05, 3.63) is 59.7 Å². The smallest absolute Gasteiger partial charge is 0.415 e. The number of hydrogen-bond acceptors (Lipinski definition) is 6. The largest absolute Gasteiger partial charge is 0.483 e. The van der Waals surface area contributed by atoms with Crippen LogP contribution in [-0.2, 0) is 26.2 Å². The van der Waals surface area contributed by atoms with Gasteiger partial charge in [-0.2, -0.15) is 0 Å². The molecule has 2 atom stereocenters. The zero-order chi connectivity index (χ0) is 37.0. The van der Waals surface area contributed by atoms with Gasteiger partial charge in [0.25, 0.3) is 5.91 Å². The summed E-state index contributed by atoms with van der Waals surface area (Å²) in [5.41, 5.74) is 1.85. The van der Waals surface area contributed by atoms with E-state index in [0.717, 1.165) is 36.8 Å². The van der Waals surface area contributed by atoms with E-state index in [1.165, 1.54) is 19.3 Å². The standard InChI is InChI=1S/C41H60N4O6/c1-28(2)24-35(44-38(47)27-50-36-15-11-10-14-34(36)41(4,5)6)39(48)42-29(3)25-31-16-18-33(19-17-31)51-40(49)45-22-20-32(21-23-45)43-37(46)26-30-12-8-7-9-13-30/h10-11,14-19,28-30,32,35H,7-9,12-13,20-27H2,1-6H3,(H,42,48)(H,43,46)(H,44,47)/t29-,35-/m0/s1. The molecule has 280 valence electrons. The van der Waals surface area contributed by atoms with Crippen LogP contribution >= 0.6 is 0 Å². The molecule has 1 saturated carbocycles. The molecule has 10 heteroatoms. The molecule has 51 heavy (non-hydrogen) atoms. The van der Waals surface area contributed by atoms with Crippen LogP contribution in [0.3, 0.4) is 0 Å². The van der Waals surface area contributed by atoms with Gasteiger partial charge >= 0.3 is 6.09 Å². The third-order valence-electron chi connectivity index (χ3n) is 9.79. The highest BCUT2D eigenvalue weighted by atomic mass is 16.6. The Bertz CT molecular complexity index is 1440. The molecule has 4 rings (SSSR count). The fourth-order valence-corrected chi connectivity index (χ4v) is 7.05. The van der Waals surface area contributed by atoms with Crippen molar-refractivity contribution >= 4 is 23.8 Å². The first-order valence-electron chi connectivity index (χ1n) is 18.9. The number of amides is 4. The van der Waals surface area contributed by atoms with Crippen LogP contribution in [0.25, 0.3) is 0 Å². The lowest BCUT2D eigenvalue weighted by molar-refractivity contribution is -0.130. The minimum Gasteiger partial charge on any atom is -0.483 e. The molecule has 10 nitrogen and oxygen atoms in total. The molecule has 0 spiro atoms. The number of carbonyl (C=O) groups is 4. The third-order valence-corrected chi connectivity index (χ3v) is 9.79. The van der Waals surface area contributed by atoms with Crippen molar-refractivity contribution in [2.24, 2.45) is 11.8 Å². The summed E-state index contributed by atoms with van der Waals surface area (Å²) >= 11 is 0. The van der Waals surface area contributed by atoms with Crippen LogP contribution < -0.4 is 25.4 Å². The van der Waals surface area contributed by atoms with E-state index in [4.69, 9.17) is 9.47 Å². The monoisotopic (exact) mass is 704 g/mol. The summed E-state index contributed by atoms with van der Waals surface area (Å²) in [6.07, 6.45) is 8.76. The molecule has 2 aromatic carbocycles. The lowest BCUT2D eigenvalue weighted by Crippen LogP contribution is -2.51. The summed E-state index contributed by atoms with van der Waals surface area (Å²) in [7, 11) is 0. The van der Waals surface area contributed by atoms with E-state index in [1.807, 2.05) is 57.2 Å². The first-order valence-corrected chi connectivity index (χ1v) is 18.9. The molecule has 2 fully saturated rings. The number of rotatable bonds is 14. The molecule has 0 unspecified atom stereocenters. The van der Waals surface area contributed by atoms with Gasteiger partial charge in [0.1, 0.15) is 17.5 Å². The summed E-state index contributed by atoms with van der Waals surface area (Å²) in [6, 6.07) is 14.2. The van der Waals surface area contributed by atoms with Crippen LogP contribution in [-0.4, -0.2) is 66.5 Å². The molecule has 2 aromatic rings. The van der Waals surface area contributed by atoms with Crippen LogP contribution in [0.1, 0.15) is 110 Å². The van der Waals surface area contributed by atoms with Crippen molar-refractivity contribution < 1.29 is 28.7 Å². The maximum absolute atomic E-state index is 13.3. The molecule has 1 aliphatic carbocycles. The fourth-order valence-electron chi connectivity index (χ4n) is 7.05. The number of carbonyl (C=O) groups excluding carboxylic acids is 4. The average Bonchev–Trinajstić information content (AvgIpc) is 3.08. The van der Waals surface area contributed by atoms with Gasteiger partial charge < -0.3 is 30.3 Å². The Balaban J connectivity index is 1.19. The molecular formula is C41H60N4O6. The SMILES string of the molecule is CC(C)C[C@H](NC(=O)COc1ccccc1C(C)(C)C)C(=O)N[C@@H](C)Cc1ccc(OC(=O)N2CCC(NC(=O)CC3CCCCC3)CC2)cc1. The van der Waals surface area contributed by atoms with Gasteiger partial charge in [0.05, 0.1) is 0 Å². The van der Waals surface area contributed by atoms with Crippen molar-refractivity contribution in [3.63, 3.8) is 0 Å². The number of ether oxygens (including phenoxy) is 2. The van der Waals surface area contributed by atoms with Crippen molar-refractivity contribution in [3.8, 4) is 11.5 Å². The van der Waals surface area contributed by atoms with E-state index in [9.17, 15) is 19.2 Å². The van der Waals surface area contributed by atoms with Gasteiger partial charge in [0, 0.05) is 31.6 Å². The number of likely N-dealkylation sites (tertiary alicyclic amines) is 1. The lowest BCUT2D eigenvalue weighted by atomic mass is 9.86. The number of para-hydroxylation sites is 1. The van der Waals surface area contributed by atoms with Crippen molar-refractivity contribution in [2.45, 2.75) is 129 Å². The Morgan fingerprint density at radius 3 is 2.16 bits per heavy atom. The average molecular weight is 705 g/mol. The second-order valence-corrected chi connectivity index (χ2v) is 15.9. The van der Waals surface area contributed by atoms with Crippen LogP contribution in [0.15, 0.2) is 48.5 Å². The maximum Gasteiger partial charge on any atom is 0.415 e. The maximum atomic E-state index is 13.3. The van der Waals surface area contributed by atoms with E-state index < -0.39 is 12.1 Å². The van der Waals surface area contributed by atoms with Crippen LogP contribution in [0, 0.1) is 11.8 Å². The Morgan fingerprint density at radius 2 is 1.51 bits per heavy atom. The predicted molar refractivity (Wildman–Crippen MR) is 200 cm³/mol. The molecule has 1 saturated heterocycles. The van der Waals surface area contributed by atoms with Gasteiger partial charge in [-0.25, -0.2) is 4.79 Å². The second kappa shape index (κ2) is 19.0. The Morgan fingerprint density at radius 1 is 0.843 bits per heavy atom. The van der Waals surface area contributed by atoms with Gasteiger partial charge in [0.15, 0.2) is 6.61 Å².